The van der Waals surface area contributed by atoms with E-state index >= 15 is 0 Å². The van der Waals surface area contributed by atoms with Gasteiger partial charge in [-0.1, -0.05) is 0 Å². The maximum Gasteiger partial charge on any atom is 0.124 e. The van der Waals surface area contributed by atoms with Crippen molar-refractivity contribution in [3.05, 3.63) is 11.3 Å². The summed E-state index contributed by atoms with van der Waals surface area (Å²) >= 11 is 0. The average Bonchev–Trinajstić information content (AvgIpc) is 2.32. The molecule has 4 heteroatoms. The van der Waals surface area contributed by atoms with Crippen molar-refractivity contribution in [3.63, 3.8) is 0 Å². The maximum absolute atomic E-state index is 5.90. The molecule has 0 aromatic carbocycles. The molecule has 1 aromatic heterocycles. The van der Waals surface area contributed by atoms with Gasteiger partial charge in [0, 0.05) is 18.7 Å². The Hall–Kier alpha value is -1.03. The lowest BCUT2D eigenvalue weighted by atomic mass is 9.94. The van der Waals surface area contributed by atoms with Crippen LogP contribution in [0.15, 0.2) is 0 Å². The van der Waals surface area contributed by atoms with Gasteiger partial charge in [0.1, 0.15) is 5.82 Å². The van der Waals surface area contributed by atoms with Gasteiger partial charge in [-0.3, -0.25) is 4.68 Å². The fraction of sp³-hybridized carbons (Fsp3) is 0.625. The smallest absolute Gasteiger partial charge is 0.124 e. The van der Waals surface area contributed by atoms with E-state index in [2.05, 4.69) is 5.10 Å². The Morgan fingerprint density at radius 2 is 2.33 bits per heavy atom. The minimum atomic E-state index is 0.0947. The lowest BCUT2D eigenvalue weighted by Crippen LogP contribution is -2.17. The number of nitrogens with zero attached hydrogens (tertiary/aromatic N) is 2. The largest absolute Gasteiger partial charge is 0.384 e. The molecule has 2 rings (SSSR count). The molecule has 66 valence electrons. The molecule has 0 amide bonds. The minimum absolute atomic E-state index is 0.0947. The molecule has 0 saturated carbocycles. The summed E-state index contributed by atoms with van der Waals surface area (Å²) in [7, 11) is 1.86. The third kappa shape index (κ3) is 0.914. The number of nitrogen functional groups attached to an aromatic ring is 1. The summed E-state index contributed by atoms with van der Waals surface area (Å²) in [5.74, 6) is 0.778. The second kappa shape index (κ2) is 2.48. The Balaban J connectivity index is 2.52. The Morgan fingerprint density at radius 3 is 3.00 bits per heavy atom. The number of aryl methyl sites for hydroxylation is 1. The molecule has 4 N–H and O–H groups in total. The normalized spacial score (nSPS) is 22.3. The van der Waals surface area contributed by atoms with Crippen LogP contribution in [0.5, 0.6) is 0 Å². The van der Waals surface area contributed by atoms with Crippen molar-refractivity contribution in [1.29, 1.82) is 0 Å². The van der Waals surface area contributed by atoms with Crippen LogP contribution >= 0.6 is 0 Å². The van der Waals surface area contributed by atoms with E-state index < -0.39 is 0 Å². The lowest BCUT2D eigenvalue weighted by Gasteiger charge is -2.16. The summed E-state index contributed by atoms with van der Waals surface area (Å²) in [5.41, 5.74) is 13.9. The van der Waals surface area contributed by atoms with Gasteiger partial charge in [0.15, 0.2) is 0 Å². The fourth-order valence-electron chi connectivity index (χ4n) is 1.79. The maximum atomic E-state index is 5.90. The van der Waals surface area contributed by atoms with E-state index in [0.29, 0.717) is 0 Å². The van der Waals surface area contributed by atoms with Crippen molar-refractivity contribution in [1.82, 2.24) is 9.78 Å². The van der Waals surface area contributed by atoms with Gasteiger partial charge in [-0.15, -0.1) is 0 Å². The SMILES string of the molecule is Cn1nc2c(c1N)CCCC2N. The third-order valence-corrected chi connectivity index (χ3v) is 2.52. The summed E-state index contributed by atoms with van der Waals surface area (Å²) in [5, 5.41) is 4.30. The molecule has 1 atom stereocenters. The third-order valence-electron chi connectivity index (χ3n) is 2.52. The molecule has 1 aliphatic carbocycles. The standard InChI is InChI=1S/C8H14N4/c1-12-8(10)5-3-2-4-6(9)7(5)11-12/h6H,2-4,9-10H2,1H3. The number of fused-ring (bicyclic) bond motifs is 1. The van der Waals surface area contributed by atoms with Crippen LogP contribution in [0.1, 0.15) is 30.1 Å². The second-order valence-corrected chi connectivity index (χ2v) is 3.37. The van der Waals surface area contributed by atoms with Gasteiger partial charge >= 0.3 is 0 Å². The molecule has 1 heterocycles. The zero-order valence-electron chi connectivity index (χ0n) is 7.25. The van der Waals surface area contributed by atoms with Gasteiger partial charge in [-0.2, -0.15) is 5.10 Å². The van der Waals surface area contributed by atoms with Crippen molar-refractivity contribution in [2.24, 2.45) is 12.8 Å². The number of nitrogens with two attached hydrogens (primary N) is 2. The fourth-order valence-corrected chi connectivity index (χ4v) is 1.79. The van der Waals surface area contributed by atoms with E-state index in [-0.39, 0.29) is 6.04 Å². The molecule has 4 nitrogen and oxygen atoms in total. The lowest BCUT2D eigenvalue weighted by molar-refractivity contribution is 0.553. The van der Waals surface area contributed by atoms with Gasteiger partial charge in [-0.05, 0) is 19.3 Å². The first-order valence-electron chi connectivity index (χ1n) is 4.27. The van der Waals surface area contributed by atoms with Gasteiger partial charge in [0.05, 0.1) is 5.69 Å². The van der Waals surface area contributed by atoms with Gasteiger partial charge in [0.2, 0.25) is 0 Å². The molecule has 0 spiro atoms. The van der Waals surface area contributed by atoms with Crippen molar-refractivity contribution >= 4 is 5.82 Å². The number of hydrogen-bond acceptors (Lipinski definition) is 3. The highest BCUT2D eigenvalue weighted by molar-refractivity contribution is 5.45. The highest BCUT2D eigenvalue weighted by Crippen LogP contribution is 2.30. The van der Waals surface area contributed by atoms with Crippen molar-refractivity contribution in [2.75, 3.05) is 5.73 Å². The Labute approximate surface area is 71.5 Å². The number of aromatic nitrogens is 2. The van der Waals surface area contributed by atoms with Gasteiger partial charge < -0.3 is 11.5 Å². The molecule has 0 radical (unpaired) electrons. The van der Waals surface area contributed by atoms with E-state index in [1.807, 2.05) is 7.05 Å². The van der Waals surface area contributed by atoms with E-state index in [1.165, 1.54) is 0 Å². The molecular weight excluding hydrogens is 152 g/mol. The monoisotopic (exact) mass is 166 g/mol. The van der Waals surface area contributed by atoms with Crippen LogP contribution < -0.4 is 11.5 Å². The number of rotatable bonds is 0. The summed E-state index contributed by atoms with van der Waals surface area (Å²) < 4.78 is 1.72. The predicted molar refractivity (Wildman–Crippen MR) is 47.5 cm³/mol. The summed E-state index contributed by atoms with van der Waals surface area (Å²) in [6.07, 6.45) is 3.19. The molecule has 0 saturated heterocycles. The van der Waals surface area contributed by atoms with Crippen molar-refractivity contribution in [2.45, 2.75) is 25.3 Å². The van der Waals surface area contributed by atoms with E-state index in [4.69, 9.17) is 11.5 Å². The first kappa shape index (κ1) is 7.61. The highest BCUT2D eigenvalue weighted by Gasteiger charge is 2.23. The van der Waals surface area contributed by atoms with E-state index in [9.17, 15) is 0 Å². The van der Waals surface area contributed by atoms with Crippen LogP contribution in [0, 0.1) is 0 Å². The molecular formula is C8H14N4. The van der Waals surface area contributed by atoms with Crippen molar-refractivity contribution in [3.8, 4) is 0 Å². The van der Waals surface area contributed by atoms with Crippen LogP contribution in [0.3, 0.4) is 0 Å². The molecule has 0 fully saturated rings. The van der Waals surface area contributed by atoms with Crippen LogP contribution in [-0.4, -0.2) is 9.78 Å². The molecule has 0 aliphatic heterocycles. The summed E-state index contributed by atoms with van der Waals surface area (Å²) in [6.45, 7) is 0. The molecule has 1 unspecified atom stereocenters. The Kier molecular flexibility index (Phi) is 1.58. The first-order chi connectivity index (χ1) is 5.70. The summed E-state index contributed by atoms with van der Waals surface area (Å²) in [4.78, 5) is 0. The Bertz CT molecular complexity index is 302. The first-order valence-corrected chi connectivity index (χ1v) is 4.27. The minimum Gasteiger partial charge on any atom is -0.384 e. The molecule has 0 bridgehead atoms. The average molecular weight is 166 g/mol. The van der Waals surface area contributed by atoms with Gasteiger partial charge in [-0.25, -0.2) is 0 Å². The van der Waals surface area contributed by atoms with Crippen LogP contribution in [0.25, 0.3) is 0 Å². The van der Waals surface area contributed by atoms with Gasteiger partial charge in [0.25, 0.3) is 0 Å². The molecule has 1 aliphatic rings. The summed E-state index contributed by atoms with van der Waals surface area (Å²) in [6, 6.07) is 0.0947. The quantitative estimate of drug-likeness (QED) is 0.584. The zero-order chi connectivity index (χ0) is 8.72. The number of anilines is 1. The Morgan fingerprint density at radius 1 is 1.58 bits per heavy atom. The molecule has 12 heavy (non-hydrogen) atoms. The highest BCUT2D eigenvalue weighted by atomic mass is 15.3. The van der Waals surface area contributed by atoms with Crippen LogP contribution in [0.2, 0.25) is 0 Å². The topological polar surface area (TPSA) is 69.9 Å². The zero-order valence-corrected chi connectivity index (χ0v) is 7.25. The second-order valence-electron chi connectivity index (χ2n) is 3.37. The van der Waals surface area contributed by atoms with Crippen LogP contribution in [-0.2, 0) is 13.5 Å². The number of hydrogen-bond donors (Lipinski definition) is 2. The predicted octanol–water partition coefficient (Wildman–Crippen LogP) is 0.338. The van der Waals surface area contributed by atoms with Crippen molar-refractivity contribution < 1.29 is 0 Å². The molecule has 1 aromatic rings. The van der Waals surface area contributed by atoms with E-state index in [1.54, 1.807) is 4.68 Å². The van der Waals surface area contributed by atoms with E-state index in [0.717, 1.165) is 36.3 Å². The van der Waals surface area contributed by atoms with Crippen LogP contribution in [0.4, 0.5) is 5.82 Å².